The van der Waals surface area contributed by atoms with E-state index in [0.717, 1.165) is 0 Å². The van der Waals surface area contributed by atoms with Crippen molar-refractivity contribution in [2.24, 2.45) is 0 Å². The van der Waals surface area contributed by atoms with Crippen LogP contribution in [0.15, 0.2) is 0 Å². The maximum atomic E-state index is 3.39. The van der Waals surface area contributed by atoms with Crippen LogP contribution in [0.3, 0.4) is 0 Å². The van der Waals surface area contributed by atoms with Crippen LogP contribution in [0.2, 0.25) is 0 Å². The molecule has 0 bridgehead atoms. The predicted molar refractivity (Wildman–Crippen MR) is 56.7 cm³/mol. The van der Waals surface area contributed by atoms with Gasteiger partial charge in [0.05, 0.1) is 0 Å². The van der Waals surface area contributed by atoms with E-state index in [1.165, 1.54) is 45.2 Å². The first-order valence-electron chi connectivity index (χ1n) is 3.71. The second-order valence-electron chi connectivity index (χ2n) is 2.52. The van der Waals surface area contributed by atoms with Crippen molar-refractivity contribution in [1.82, 2.24) is 5.32 Å². The highest BCUT2D eigenvalue weighted by atomic mass is 35.5. The molecule has 11 heavy (non-hydrogen) atoms. The minimum atomic E-state index is 0. The lowest BCUT2D eigenvalue weighted by Crippen LogP contribution is -2.18. The Hall–Kier alpha value is 0.250. The molecule has 0 atom stereocenters. The van der Waals surface area contributed by atoms with Crippen LogP contribution in [0, 0.1) is 0 Å². The van der Waals surface area contributed by atoms with Crippen LogP contribution in [0.25, 0.3) is 0 Å². The van der Waals surface area contributed by atoms with E-state index in [4.69, 9.17) is 0 Å². The molecule has 0 aromatic heterocycles. The Morgan fingerprint density at radius 2 is 1.00 bits per heavy atom. The van der Waals surface area contributed by atoms with Crippen molar-refractivity contribution < 1.29 is 0 Å². The fraction of sp³-hybridized carbons (Fsp3) is 1.00. The van der Waals surface area contributed by atoms with Gasteiger partial charge >= 0.3 is 0 Å². The molecule has 1 rings (SSSR count). The summed E-state index contributed by atoms with van der Waals surface area (Å²) in [6.45, 7) is 2.50. The Balaban J connectivity index is -0.000000213. The predicted octanol–water partition coefficient (Wildman–Crippen LogP) is 3.23. The van der Waals surface area contributed by atoms with Crippen LogP contribution >= 0.6 is 12.4 Å². The van der Waals surface area contributed by atoms with Crippen molar-refractivity contribution in [2.45, 2.75) is 47.0 Å². The van der Waals surface area contributed by atoms with E-state index in [-0.39, 0.29) is 27.3 Å². The average molecular weight is 182 g/mol. The van der Waals surface area contributed by atoms with Gasteiger partial charge in [0.25, 0.3) is 0 Å². The Labute approximate surface area is 78.4 Å². The number of rotatable bonds is 0. The fourth-order valence-electron chi connectivity index (χ4n) is 1.16. The summed E-state index contributed by atoms with van der Waals surface area (Å²) in [4.78, 5) is 0. The zero-order chi connectivity index (χ0) is 5.66. The lowest BCUT2D eigenvalue weighted by molar-refractivity contribution is 0.516. The summed E-state index contributed by atoms with van der Waals surface area (Å²) in [6.07, 6.45) is 7.11. The third-order valence-corrected chi connectivity index (χ3v) is 1.71. The lowest BCUT2D eigenvalue weighted by Gasteiger charge is -2.08. The summed E-state index contributed by atoms with van der Waals surface area (Å²) in [6, 6.07) is 0. The summed E-state index contributed by atoms with van der Waals surface area (Å²) in [5.74, 6) is 0. The molecule has 0 aromatic rings. The molecule has 1 saturated heterocycles. The van der Waals surface area contributed by atoms with E-state index in [9.17, 15) is 0 Å². The van der Waals surface area contributed by atoms with Crippen LogP contribution in [0.1, 0.15) is 47.0 Å². The summed E-state index contributed by atoms with van der Waals surface area (Å²) in [5, 5.41) is 3.39. The van der Waals surface area contributed by atoms with Gasteiger partial charge < -0.3 is 5.32 Å². The molecule has 1 N–H and O–H groups in total. The number of hydrogen-bond acceptors (Lipinski definition) is 1. The largest absolute Gasteiger partial charge is 0.317 e. The molecule has 0 spiro atoms. The van der Waals surface area contributed by atoms with E-state index in [1.807, 2.05) is 0 Å². The molecule has 0 aliphatic carbocycles. The van der Waals surface area contributed by atoms with Gasteiger partial charge in [0, 0.05) is 0 Å². The van der Waals surface area contributed by atoms with Gasteiger partial charge in [-0.25, -0.2) is 0 Å². The van der Waals surface area contributed by atoms with Gasteiger partial charge in [0.2, 0.25) is 0 Å². The van der Waals surface area contributed by atoms with Crippen LogP contribution in [-0.2, 0) is 0 Å². The summed E-state index contributed by atoms with van der Waals surface area (Å²) < 4.78 is 0. The minimum absolute atomic E-state index is 0. The molecule has 0 aromatic carbocycles. The molecule has 1 aliphatic rings. The fourth-order valence-corrected chi connectivity index (χ4v) is 1.16. The van der Waals surface area contributed by atoms with Crippen molar-refractivity contribution in [3.8, 4) is 0 Å². The number of halogens is 1. The highest BCUT2D eigenvalue weighted by Crippen LogP contribution is 2.03. The van der Waals surface area contributed by atoms with Crippen LogP contribution < -0.4 is 5.32 Å². The molecule has 72 valence electrons. The molecule has 0 radical (unpaired) electrons. The Morgan fingerprint density at radius 1 is 0.636 bits per heavy atom. The monoisotopic (exact) mass is 181 g/mol. The number of hydrogen-bond donors (Lipinski definition) is 1. The molecule has 2 heteroatoms. The molecule has 1 nitrogen and oxygen atoms in total. The standard InChI is InChI=1S/C7H15N.2CH4.ClH/c1-2-4-6-8-7-5-3-1;;;/h8H,1-7H2;2*1H4;1H. The van der Waals surface area contributed by atoms with Crippen molar-refractivity contribution >= 4 is 12.4 Å². The van der Waals surface area contributed by atoms with E-state index < -0.39 is 0 Å². The Bertz CT molecular complexity index is 33.5. The Morgan fingerprint density at radius 3 is 1.45 bits per heavy atom. The highest BCUT2D eigenvalue weighted by molar-refractivity contribution is 5.85. The normalized spacial score (nSPS) is 17.5. The van der Waals surface area contributed by atoms with Gasteiger partial charge in [-0.05, 0) is 25.9 Å². The molecule has 1 fully saturated rings. The van der Waals surface area contributed by atoms with Gasteiger partial charge in [0.1, 0.15) is 0 Å². The van der Waals surface area contributed by atoms with Crippen LogP contribution in [0.4, 0.5) is 0 Å². The maximum absolute atomic E-state index is 3.39. The topological polar surface area (TPSA) is 12.0 Å². The van der Waals surface area contributed by atoms with Crippen LogP contribution in [0.5, 0.6) is 0 Å². The SMILES string of the molecule is C.C.C1CCCNCCC1.Cl. The second kappa shape index (κ2) is 12.9. The van der Waals surface area contributed by atoms with E-state index in [0.29, 0.717) is 0 Å². The van der Waals surface area contributed by atoms with E-state index in [1.54, 1.807) is 0 Å². The van der Waals surface area contributed by atoms with Gasteiger partial charge in [-0.3, -0.25) is 0 Å². The smallest absolute Gasteiger partial charge is 0.00489 e. The minimum Gasteiger partial charge on any atom is -0.317 e. The van der Waals surface area contributed by atoms with E-state index in [2.05, 4.69) is 5.32 Å². The summed E-state index contributed by atoms with van der Waals surface area (Å²) in [7, 11) is 0. The van der Waals surface area contributed by atoms with Gasteiger partial charge in [0.15, 0.2) is 0 Å². The molecule has 0 amide bonds. The molecule has 0 saturated carbocycles. The zero-order valence-corrected chi connectivity index (χ0v) is 6.67. The van der Waals surface area contributed by atoms with Gasteiger partial charge in [-0.1, -0.05) is 34.1 Å². The van der Waals surface area contributed by atoms with Crippen molar-refractivity contribution in [1.29, 1.82) is 0 Å². The van der Waals surface area contributed by atoms with Crippen molar-refractivity contribution in [3.05, 3.63) is 0 Å². The van der Waals surface area contributed by atoms with Gasteiger partial charge in [-0.15, -0.1) is 12.4 Å². The Kier molecular flexibility index (Phi) is 20.3. The average Bonchev–Trinajstić information content (AvgIpc) is 1.62. The first-order chi connectivity index (χ1) is 4.00. The van der Waals surface area contributed by atoms with Crippen LogP contribution in [-0.4, -0.2) is 13.1 Å². The lowest BCUT2D eigenvalue weighted by atomic mass is 10.1. The number of nitrogens with one attached hydrogen (secondary N) is 1. The first kappa shape index (κ1) is 17.4. The second-order valence-corrected chi connectivity index (χ2v) is 2.52. The summed E-state index contributed by atoms with van der Waals surface area (Å²) in [5.41, 5.74) is 0. The quantitative estimate of drug-likeness (QED) is 0.605. The van der Waals surface area contributed by atoms with Gasteiger partial charge in [-0.2, -0.15) is 0 Å². The maximum Gasteiger partial charge on any atom is -0.00489 e. The highest BCUT2D eigenvalue weighted by Gasteiger charge is 1.94. The van der Waals surface area contributed by atoms with Crippen molar-refractivity contribution in [3.63, 3.8) is 0 Å². The molecule has 1 heterocycles. The zero-order valence-electron chi connectivity index (χ0n) is 5.86. The molecular weight excluding hydrogens is 158 g/mol. The summed E-state index contributed by atoms with van der Waals surface area (Å²) >= 11 is 0. The van der Waals surface area contributed by atoms with E-state index >= 15 is 0 Å². The molecule has 0 unspecified atom stereocenters. The first-order valence-corrected chi connectivity index (χ1v) is 3.71. The molecule has 1 aliphatic heterocycles. The third-order valence-electron chi connectivity index (χ3n) is 1.71. The molecular formula is C9H24ClN. The van der Waals surface area contributed by atoms with Crippen molar-refractivity contribution in [2.75, 3.05) is 13.1 Å². The third kappa shape index (κ3) is 10.2.